The SMILES string of the molecule is O=S(=O)([O-])CCCC[n+]1c(C=C2Oc3ccc(-c4ccccc4)cc3N2CCS(=O)(=O)[O-])oc2ccc(-c3ccccc3)cc21.[Na+]. The number of aromatic nitrogens is 1. The van der Waals surface area contributed by atoms with E-state index in [2.05, 4.69) is 0 Å². The second-order valence-corrected chi connectivity index (χ2v) is 13.7. The summed E-state index contributed by atoms with van der Waals surface area (Å²) in [6.45, 7) is 0.183. The number of anilines is 1. The van der Waals surface area contributed by atoms with Crippen molar-refractivity contribution in [2.45, 2.75) is 19.4 Å². The van der Waals surface area contributed by atoms with E-state index in [1.54, 1.807) is 17.0 Å². The van der Waals surface area contributed by atoms with Crippen molar-refractivity contribution in [3.63, 3.8) is 0 Å². The molecule has 0 amide bonds. The van der Waals surface area contributed by atoms with Gasteiger partial charge in [-0.15, -0.1) is 0 Å². The van der Waals surface area contributed by atoms with Crippen molar-refractivity contribution < 1.29 is 69.2 Å². The zero-order chi connectivity index (χ0) is 31.6. The Balaban J connectivity index is 0.00000417. The summed E-state index contributed by atoms with van der Waals surface area (Å²) in [5.74, 6) is -0.0149. The number of nitrogens with zero attached hydrogens (tertiary/aromatic N) is 2. The molecule has 0 radical (unpaired) electrons. The third kappa shape index (κ3) is 8.07. The van der Waals surface area contributed by atoms with Crippen LogP contribution in [0.25, 0.3) is 39.4 Å². The summed E-state index contributed by atoms with van der Waals surface area (Å²) in [6, 6.07) is 30.8. The van der Waals surface area contributed by atoms with Crippen molar-refractivity contribution in [2.75, 3.05) is 23.0 Å². The smallest absolute Gasteiger partial charge is 0.748 e. The van der Waals surface area contributed by atoms with Gasteiger partial charge in [0, 0.05) is 24.8 Å². The minimum atomic E-state index is -4.54. The first-order valence-electron chi connectivity index (χ1n) is 14.3. The zero-order valence-corrected chi connectivity index (χ0v) is 28.7. The van der Waals surface area contributed by atoms with Crippen LogP contribution in [0.4, 0.5) is 5.69 Å². The number of fused-ring (bicyclic) bond motifs is 2. The summed E-state index contributed by atoms with van der Waals surface area (Å²) in [7, 11) is -8.89. The molecular formula is C33H29N2NaO8S2. The Kier molecular flexibility index (Phi) is 10.4. The van der Waals surface area contributed by atoms with Crippen LogP contribution in [0.15, 0.2) is 107 Å². The minimum Gasteiger partial charge on any atom is -0.748 e. The fourth-order valence-electron chi connectivity index (χ4n) is 5.36. The molecule has 10 nitrogen and oxygen atoms in total. The van der Waals surface area contributed by atoms with Crippen LogP contribution in [0.3, 0.4) is 0 Å². The number of hydrogen-bond acceptors (Lipinski definition) is 9. The predicted octanol–water partition coefficient (Wildman–Crippen LogP) is 2.13. The number of hydrogen-bond donors (Lipinski definition) is 0. The fraction of sp³-hybridized carbons (Fsp3) is 0.182. The van der Waals surface area contributed by atoms with E-state index in [0.29, 0.717) is 35.9 Å². The molecule has 1 aromatic heterocycles. The van der Waals surface area contributed by atoms with E-state index in [-0.39, 0.29) is 48.4 Å². The Morgan fingerprint density at radius 3 is 1.96 bits per heavy atom. The van der Waals surface area contributed by atoms with E-state index in [9.17, 15) is 25.9 Å². The Labute approximate surface area is 289 Å². The maximum atomic E-state index is 11.7. The summed E-state index contributed by atoms with van der Waals surface area (Å²) in [4.78, 5) is 1.63. The van der Waals surface area contributed by atoms with E-state index in [1.807, 2.05) is 95.6 Å². The van der Waals surface area contributed by atoms with Gasteiger partial charge in [0.25, 0.3) is 5.52 Å². The van der Waals surface area contributed by atoms with Crippen LogP contribution in [0.5, 0.6) is 5.75 Å². The number of rotatable bonds is 11. The van der Waals surface area contributed by atoms with Crippen molar-refractivity contribution in [1.82, 2.24) is 0 Å². The first kappa shape index (κ1) is 33.9. The largest absolute Gasteiger partial charge is 1.00 e. The number of benzene rings is 4. The molecule has 0 N–H and O–H groups in total. The molecule has 13 heteroatoms. The summed E-state index contributed by atoms with van der Waals surface area (Å²) < 4.78 is 82.9. The van der Waals surface area contributed by atoms with Crippen LogP contribution < -0.4 is 43.8 Å². The van der Waals surface area contributed by atoms with Gasteiger partial charge >= 0.3 is 35.4 Å². The molecule has 0 saturated heterocycles. The van der Waals surface area contributed by atoms with Gasteiger partial charge in [-0.25, -0.2) is 16.8 Å². The van der Waals surface area contributed by atoms with Gasteiger partial charge in [0.05, 0.1) is 31.7 Å². The van der Waals surface area contributed by atoms with Crippen molar-refractivity contribution >= 4 is 43.1 Å². The number of unbranched alkanes of at least 4 members (excludes halogenated alkanes) is 1. The standard InChI is InChI=1S/C33H30N2O8S2.Na/c36-44(37,38)19-8-7-17-34-28-21-26(24-9-3-1-4-10-24)13-15-30(28)42-32(34)23-33-35(18-20-45(39,40)41)29-22-27(14-16-31(29)43-33)25-11-5-2-6-12-25;/h1-6,9-16,21-23H,7-8,17-20H2,(H-,36,37,38,39,40,41);/q;+1/p-1. The molecule has 1 aliphatic rings. The van der Waals surface area contributed by atoms with E-state index >= 15 is 0 Å². The molecule has 2 heterocycles. The van der Waals surface area contributed by atoms with Crippen molar-refractivity contribution in [3.05, 3.63) is 109 Å². The fourth-order valence-corrected chi connectivity index (χ4v) is 6.32. The van der Waals surface area contributed by atoms with Crippen LogP contribution in [0.2, 0.25) is 0 Å². The molecule has 0 aliphatic carbocycles. The maximum absolute atomic E-state index is 11.7. The van der Waals surface area contributed by atoms with Crippen LogP contribution in [-0.2, 0) is 26.8 Å². The van der Waals surface area contributed by atoms with Crippen molar-refractivity contribution in [1.29, 1.82) is 0 Å². The summed E-state index contributed by atoms with van der Waals surface area (Å²) >= 11 is 0. The molecule has 0 fully saturated rings. The number of oxazole rings is 1. The Bertz CT molecular complexity index is 2100. The summed E-state index contributed by atoms with van der Waals surface area (Å²) in [5.41, 5.74) is 5.68. The Morgan fingerprint density at radius 1 is 0.717 bits per heavy atom. The predicted molar refractivity (Wildman–Crippen MR) is 168 cm³/mol. The second kappa shape index (κ2) is 14.1. The van der Waals surface area contributed by atoms with Crippen LogP contribution in [0, 0.1) is 0 Å². The maximum Gasteiger partial charge on any atom is 1.00 e. The third-order valence-electron chi connectivity index (χ3n) is 7.51. The third-order valence-corrected chi connectivity index (χ3v) is 8.98. The molecular weight excluding hydrogens is 639 g/mol. The zero-order valence-electron chi connectivity index (χ0n) is 25.0. The first-order chi connectivity index (χ1) is 21.5. The van der Waals surface area contributed by atoms with Crippen molar-refractivity contribution in [2.24, 2.45) is 0 Å². The average molecular weight is 669 g/mol. The normalized spacial score (nSPS) is 13.9. The van der Waals surface area contributed by atoms with Gasteiger partial charge in [-0.2, -0.15) is 4.57 Å². The second-order valence-electron chi connectivity index (χ2n) is 10.7. The van der Waals surface area contributed by atoms with Gasteiger partial charge in [-0.05, 0) is 46.9 Å². The van der Waals surface area contributed by atoms with Crippen LogP contribution >= 0.6 is 0 Å². The molecule has 0 bridgehead atoms. The van der Waals surface area contributed by atoms with Gasteiger partial charge in [0.1, 0.15) is 6.08 Å². The molecule has 5 aromatic rings. The number of aryl methyl sites for hydroxylation is 1. The van der Waals surface area contributed by atoms with Crippen LogP contribution in [-0.4, -0.2) is 44.0 Å². The van der Waals surface area contributed by atoms with E-state index < -0.39 is 31.7 Å². The molecule has 1 aliphatic heterocycles. The quantitative estimate of drug-likeness (QED) is 0.0895. The van der Waals surface area contributed by atoms with Gasteiger partial charge in [-0.1, -0.05) is 72.8 Å². The molecule has 4 aromatic carbocycles. The molecule has 0 spiro atoms. The van der Waals surface area contributed by atoms with E-state index in [4.69, 9.17) is 9.15 Å². The Hall–Kier alpha value is -3.49. The summed E-state index contributed by atoms with van der Waals surface area (Å²) in [5, 5.41) is 0. The minimum absolute atomic E-state index is 0. The van der Waals surface area contributed by atoms with Crippen molar-refractivity contribution in [3.8, 4) is 28.0 Å². The molecule has 46 heavy (non-hydrogen) atoms. The van der Waals surface area contributed by atoms with Gasteiger partial charge in [0.2, 0.25) is 11.5 Å². The topological polar surface area (TPSA) is 144 Å². The molecule has 0 atom stereocenters. The molecule has 6 rings (SSSR count). The Morgan fingerprint density at radius 2 is 1.33 bits per heavy atom. The monoisotopic (exact) mass is 668 g/mol. The molecule has 0 unspecified atom stereocenters. The van der Waals surface area contributed by atoms with E-state index in [0.717, 1.165) is 27.8 Å². The number of ether oxygens (including phenoxy) is 1. The van der Waals surface area contributed by atoms with Crippen LogP contribution in [0.1, 0.15) is 18.7 Å². The van der Waals surface area contributed by atoms with Gasteiger partial charge < -0.3 is 23.2 Å². The van der Waals surface area contributed by atoms with E-state index in [1.165, 1.54) is 0 Å². The summed E-state index contributed by atoms with van der Waals surface area (Å²) in [6.07, 6.45) is 2.18. The molecule has 0 saturated carbocycles. The first-order valence-corrected chi connectivity index (χ1v) is 17.5. The average Bonchev–Trinajstić information content (AvgIpc) is 3.54. The van der Waals surface area contributed by atoms with Gasteiger partial charge in [0.15, 0.2) is 12.3 Å². The van der Waals surface area contributed by atoms with Gasteiger partial charge in [-0.3, -0.25) is 0 Å². The molecule has 232 valence electrons.